The van der Waals surface area contributed by atoms with Gasteiger partial charge in [-0.1, -0.05) is 68.4 Å². The highest BCUT2D eigenvalue weighted by atomic mass is 28.3. The molecule has 0 aliphatic carbocycles. The first-order valence-corrected chi connectivity index (χ1v) is 8.63. The van der Waals surface area contributed by atoms with E-state index < -0.39 is 8.07 Å². The Labute approximate surface area is 105 Å². The molecule has 0 fully saturated rings. The molecule has 0 radical (unpaired) electrons. The highest BCUT2D eigenvalue weighted by Gasteiger charge is 2.58. The maximum absolute atomic E-state index is 4.02. The molecule has 0 saturated heterocycles. The SMILES string of the molecule is C=CC[Si](C(C)(C)C)(C(C)(C)C)C(C)(C)C. The third-order valence-corrected chi connectivity index (χ3v) is 12.9. The number of allylic oxidation sites excluding steroid dienone is 1. The van der Waals surface area contributed by atoms with Crippen molar-refractivity contribution in [1.82, 2.24) is 0 Å². The third-order valence-electron chi connectivity index (χ3n) is 4.29. The molecule has 0 amide bonds. The number of hydrogen-bond donors (Lipinski definition) is 0. The summed E-state index contributed by atoms with van der Waals surface area (Å²) >= 11 is 0. The molecule has 0 aliphatic rings. The van der Waals surface area contributed by atoms with Crippen LogP contribution in [0.1, 0.15) is 62.3 Å². The minimum absolute atomic E-state index is 0.400. The molecule has 0 aromatic rings. The first kappa shape index (κ1) is 16.0. The molecular formula is C15H32Si. The van der Waals surface area contributed by atoms with E-state index in [-0.39, 0.29) is 0 Å². The van der Waals surface area contributed by atoms with Crippen LogP contribution < -0.4 is 0 Å². The summed E-state index contributed by atoms with van der Waals surface area (Å²) < 4.78 is 0. The van der Waals surface area contributed by atoms with E-state index in [2.05, 4.69) is 75.0 Å². The smallest absolute Gasteiger partial charge is 0.0735 e. The summed E-state index contributed by atoms with van der Waals surface area (Å²) in [7, 11) is -1.52. The van der Waals surface area contributed by atoms with Gasteiger partial charge in [-0.2, -0.15) is 0 Å². The summed E-state index contributed by atoms with van der Waals surface area (Å²) in [6.07, 6.45) is 2.16. The normalized spacial score (nSPS) is 15.1. The van der Waals surface area contributed by atoms with Crippen LogP contribution in [0.15, 0.2) is 12.7 Å². The van der Waals surface area contributed by atoms with E-state index in [1.807, 2.05) is 0 Å². The molecule has 0 nitrogen and oxygen atoms in total. The molecule has 0 aliphatic heterocycles. The number of rotatable bonds is 2. The van der Waals surface area contributed by atoms with Crippen molar-refractivity contribution in [2.24, 2.45) is 0 Å². The number of hydrogen-bond acceptors (Lipinski definition) is 0. The molecule has 0 N–H and O–H groups in total. The van der Waals surface area contributed by atoms with Crippen molar-refractivity contribution >= 4 is 8.07 Å². The molecule has 1 heteroatoms. The maximum Gasteiger partial charge on any atom is 0.0735 e. The molecule has 0 rings (SSSR count). The van der Waals surface area contributed by atoms with Gasteiger partial charge in [-0.05, 0) is 21.2 Å². The van der Waals surface area contributed by atoms with E-state index in [4.69, 9.17) is 0 Å². The van der Waals surface area contributed by atoms with Crippen molar-refractivity contribution in [3.05, 3.63) is 12.7 Å². The Morgan fingerprint density at radius 2 is 1.00 bits per heavy atom. The molecule has 0 unspecified atom stereocenters. The van der Waals surface area contributed by atoms with Gasteiger partial charge in [0.15, 0.2) is 0 Å². The molecule has 0 bridgehead atoms. The van der Waals surface area contributed by atoms with Crippen LogP contribution in [0.4, 0.5) is 0 Å². The first-order chi connectivity index (χ1) is 6.81. The van der Waals surface area contributed by atoms with E-state index in [0.29, 0.717) is 15.1 Å². The van der Waals surface area contributed by atoms with E-state index in [1.54, 1.807) is 0 Å². The second-order valence-corrected chi connectivity index (χ2v) is 14.9. The van der Waals surface area contributed by atoms with Gasteiger partial charge in [0.2, 0.25) is 0 Å². The van der Waals surface area contributed by atoms with Crippen molar-refractivity contribution in [3.8, 4) is 0 Å². The zero-order valence-electron chi connectivity index (χ0n) is 13.0. The van der Waals surface area contributed by atoms with Crippen molar-refractivity contribution in [3.63, 3.8) is 0 Å². The van der Waals surface area contributed by atoms with Crippen LogP contribution in [0.25, 0.3) is 0 Å². The van der Waals surface area contributed by atoms with Gasteiger partial charge in [0.1, 0.15) is 0 Å². The zero-order valence-corrected chi connectivity index (χ0v) is 14.0. The Hall–Kier alpha value is -0.0431. The van der Waals surface area contributed by atoms with Crippen molar-refractivity contribution < 1.29 is 0 Å². The lowest BCUT2D eigenvalue weighted by molar-refractivity contribution is 0.532. The fourth-order valence-electron chi connectivity index (χ4n) is 4.51. The molecule has 0 atom stereocenters. The van der Waals surface area contributed by atoms with Crippen LogP contribution in [-0.2, 0) is 0 Å². The third kappa shape index (κ3) is 2.44. The van der Waals surface area contributed by atoms with Gasteiger partial charge in [-0.3, -0.25) is 0 Å². The summed E-state index contributed by atoms with van der Waals surface area (Å²) in [4.78, 5) is 0. The summed E-state index contributed by atoms with van der Waals surface area (Å²) in [5, 5.41) is 1.20. The second kappa shape index (κ2) is 4.32. The lowest BCUT2D eigenvalue weighted by Crippen LogP contribution is -2.57. The van der Waals surface area contributed by atoms with Gasteiger partial charge < -0.3 is 0 Å². The standard InChI is InChI=1S/C15H32Si/c1-11-12-16(13(2,3)4,14(5,6)7)15(8,9)10/h11H,1,12H2,2-10H3. The minimum atomic E-state index is -1.52. The fraction of sp³-hybridized carbons (Fsp3) is 0.867. The van der Waals surface area contributed by atoms with Crippen LogP contribution in [0, 0.1) is 0 Å². The zero-order chi connectivity index (χ0) is 13.4. The van der Waals surface area contributed by atoms with Crippen molar-refractivity contribution in [1.29, 1.82) is 0 Å². The maximum atomic E-state index is 4.02. The first-order valence-electron chi connectivity index (χ1n) is 6.42. The molecule has 0 aromatic heterocycles. The Morgan fingerprint density at radius 1 is 0.750 bits per heavy atom. The largest absolute Gasteiger partial charge is 0.103 e. The monoisotopic (exact) mass is 240 g/mol. The topological polar surface area (TPSA) is 0 Å². The molecule has 16 heavy (non-hydrogen) atoms. The Bertz CT molecular complexity index is 206. The van der Waals surface area contributed by atoms with Gasteiger partial charge in [-0.15, -0.1) is 6.58 Å². The molecule has 0 saturated carbocycles. The summed E-state index contributed by atoms with van der Waals surface area (Å²) in [6.45, 7) is 25.9. The molecule has 96 valence electrons. The lowest BCUT2D eigenvalue weighted by atomic mass is 10.2. The second-order valence-electron chi connectivity index (χ2n) is 8.15. The fourth-order valence-corrected chi connectivity index (χ4v) is 13.5. The van der Waals surface area contributed by atoms with E-state index in [0.717, 1.165) is 0 Å². The van der Waals surface area contributed by atoms with Gasteiger partial charge in [0, 0.05) is 0 Å². The Kier molecular flexibility index (Phi) is 4.31. The highest BCUT2D eigenvalue weighted by molar-refractivity contribution is 6.87. The predicted octanol–water partition coefficient (Wildman–Crippen LogP) is 6.02. The molecule has 0 heterocycles. The van der Waals surface area contributed by atoms with Crippen LogP contribution in [-0.4, -0.2) is 8.07 Å². The average molecular weight is 241 g/mol. The predicted molar refractivity (Wildman–Crippen MR) is 79.9 cm³/mol. The summed E-state index contributed by atoms with van der Waals surface area (Å²) in [5.74, 6) is 0. The van der Waals surface area contributed by atoms with Crippen LogP contribution in [0.2, 0.25) is 21.2 Å². The molecule has 0 spiro atoms. The summed E-state index contributed by atoms with van der Waals surface area (Å²) in [6, 6.07) is 1.21. The molecule has 0 aromatic carbocycles. The van der Waals surface area contributed by atoms with Gasteiger partial charge in [-0.25, -0.2) is 0 Å². The van der Waals surface area contributed by atoms with Crippen LogP contribution in [0.5, 0.6) is 0 Å². The molecular weight excluding hydrogens is 208 g/mol. The van der Waals surface area contributed by atoms with Crippen molar-refractivity contribution in [2.75, 3.05) is 0 Å². The van der Waals surface area contributed by atoms with E-state index in [9.17, 15) is 0 Å². The Balaban J connectivity index is 5.92. The van der Waals surface area contributed by atoms with Gasteiger partial charge >= 0.3 is 0 Å². The summed E-state index contributed by atoms with van der Waals surface area (Å²) in [5.41, 5.74) is 0. The van der Waals surface area contributed by atoms with E-state index in [1.165, 1.54) is 6.04 Å². The van der Waals surface area contributed by atoms with Crippen LogP contribution >= 0.6 is 0 Å². The van der Waals surface area contributed by atoms with Gasteiger partial charge in [0.05, 0.1) is 8.07 Å². The van der Waals surface area contributed by atoms with Crippen LogP contribution in [0.3, 0.4) is 0 Å². The quantitative estimate of drug-likeness (QED) is 0.409. The van der Waals surface area contributed by atoms with Gasteiger partial charge in [0.25, 0.3) is 0 Å². The highest BCUT2D eigenvalue weighted by Crippen LogP contribution is 2.63. The van der Waals surface area contributed by atoms with Crippen molar-refractivity contribution in [2.45, 2.75) is 83.5 Å². The lowest BCUT2D eigenvalue weighted by Gasteiger charge is -2.59. The average Bonchev–Trinajstić information content (AvgIpc) is 1.91. The Morgan fingerprint density at radius 3 is 1.06 bits per heavy atom. The minimum Gasteiger partial charge on any atom is -0.103 e. The van der Waals surface area contributed by atoms with E-state index >= 15 is 0 Å².